The summed E-state index contributed by atoms with van der Waals surface area (Å²) in [7, 11) is 0. The number of esters is 1. The summed E-state index contributed by atoms with van der Waals surface area (Å²) >= 11 is 0. The lowest BCUT2D eigenvalue weighted by Crippen LogP contribution is -2.08. The van der Waals surface area contributed by atoms with E-state index < -0.39 is 0 Å². The van der Waals surface area contributed by atoms with E-state index in [0.717, 1.165) is 23.3 Å². The quantitative estimate of drug-likeness (QED) is 0.116. The van der Waals surface area contributed by atoms with Crippen molar-refractivity contribution in [2.75, 3.05) is 6.61 Å². The molecule has 0 fully saturated rings. The van der Waals surface area contributed by atoms with Crippen LogP contribution in [0.4, 0.5) is 0 Å². The van der Waals surface area contributed by atoms with Crippen LogP contribution in [-0.4, -0.2) is 17.6 Å². The van der Waals surface area contributed by atoms with Gasteiger partial charge in [-0.05, 0) is 66.1 Å². The standard InChI is InChI=1S/C32H39NO3/c1-2-3-4-5-6-7-8-9-10-11-26-35-30-20-16-29(17-21-30)32(34)36-31-18-14-27(15-19-31)12-13-28-22-24-33-25-23-28/h12-25H,2-11,26H2,1H3. The van der Waals surface area contributed by atoms with Crippen LogP contribution < -0.4 is 9.47 Å². The third-order valence-electron chi connectivity index (χ3n) is 6.12. The second-order valence-corrected chi connectivity index (χ2v) is 9.13. The molecule has 3 rings (SSSR count). The van der Waals surface area contributed by atoms with Crippen molar-refractivity contribution in [3.8, 4) is 11.5 Å². The van der Waals surface area contributed by atoms with Crippen LogP contribution in [-0.2, 0) is 0 Å². The minimum absolute atomic E-state index is 0.378. The number of pyridine rings is 1. The van der Waals surface area contributed by atoms with Gasteiger partial charge >= 0.3 is 5.97 Å². The highest BCUT2D eigenvalue weighted by Gasteiger charge is 2.09. The zero-order chi connectivity index (χ0) is 25.3. The summed E-state index contributed by atoms with van der Waals surface area (Å²) in [4.78, 5) is 16.5. The lowest BCUT2D eigenvalue weighted by atomic mass is 10.1. The molecule has 0 amide bonds. The molecule has 0 unspecified atom stereocenters. The Morgan fingerprint density at radius 3 is 1.81 bits per heavy atom. The molecule has 3 aromatic rings. The Labute approximate surface area is 216 Å². The topological polar surface area (TPSA) is 48.4 Å². The summed E-state index contributed by atoms with van der Waals surface area (Å²) in [5.74, 6) is 0.923. The van der Waals surface area contributed by atoms with Gasteiger partial charge in [0.15, 0.2) is 0 Å². The summed E-state index contributed by atoms with van der Waals surface area (Å²) < 4.78 is 11.4. The molecule has 0 saturated heterocycles. The van der Waals surface area contributed by atoms with Crippen LogP contribution in [0.3, 0.4) is 0 Å². The molecule has 0 saturated carbocycles. The van der Waals surface area contributed by atoms with Crippen molar-refractivity contribution in [2.24, 2.45) is 0 Å². The maximum Gasteiger partial charge on any atom is 0.343 e. The maximum atomic E-state index is 12.5. The molecule has 0 N–H and O–H groups in total. The van der Waals surface area contributed by atoms with Crippen molar-refractivity contribution >= 4 is 18.1 Å². The molecular formula is C32H39NO3. The van der Waals surface area contributed by atoms with Gasteiger partial charge in [0.25, 0.3) is 0 Å². The first-order valence-electron chi connectivity index (χ1n) is 13.4. The molecule has 4 heteroatoms. The van der Waals surface area contributed by atoms with E-state index in [-0.39, 0.29) is 5.97 Å². The van der Waals surface area contributed by atoms with E-state index in [1.165, 1.54) is 57.8 Å². The number of carbonyl (C=O) groups excluding carboxylic acids is 1. The molecule has 0 bridgehead atoms. The highest BCUT2D eigenvalue weighted by Crippen LogP contribution is 2.18. The van der Waals surface area contributed by atoms with Crippen molar-refractivity contribution in [1.82, 2.24) is 4.98 Å². The van der Waals surface area contributed by atoms with Crippen LogP contribution in [0.5, 0.6) is 11.5 Å². The van der Waals surface area contributed by atoms with Crippen LogP contribution in [0.1, 0.15) is 92.6 Å². The van der Waals surface area contributed by atoms with Crippen molar-refractivity contribution in [1.29, 1.82) is 0 Å². The molecule has 0 atom stereocenters. The van der Waals surface area contributed by atoms with Gasteiger partial charge < -0.3 is 9.47 Å². The summed E-state index contributed by atoms with van der Waals surface area (Å²) in [6.07, 6.45) is 20.6. The lowest BCUT2D eigenvalue weighted by molar-refractivity contribution is 0.0734. The van der Waals surface area contributed by atoms with E-state index in [0.29, 0.717) is 17.9 Å². The number of ether oxygens (including phenoxy) is 2. The SMILES string of the molecule is CCCCCCCCCCCCOc1ccc(C(=O)Oc2ccc(C=Cc3ccncc3)cc2)cc1. The Morgan fingerprint density at radius 1 is 0.667 bits per heavy atom. The summed E-state index contributed by atoms with van der Waals surface area (Å²) in [5.41, 5.74) is 2.61. The fourth-order valence-electron chi connectivity index (χ4n) is 3.95. The van der Waals surface area contributed by atoms with Gasteiger partial charge in [-0.25, -0.2) is 4.79 Å². The van der Waals surface area contributed by atoms with Crippen molar-refractivity contribution < 1.29 is 14.3 Å². The number of benzene rings is 2. The Morgan fingerprint density at radius 2 is 1.19 bits per heavy atom. The minimum atomic E-state index is -0.378. The fourth-order valence-corrected chi connectivity index (χ4v) is 3.95. The molecule has 0 aliphatic carbocycles. The Bertz CT molecular complexity index is 1030. The number of unbranched alkanes of at least 4 members (excludes halogenated alkanes) is 9. The molecule has 0 spiro atoms. The van der Waals surface area contributed by atoms with Gasteiger partial charge in [0.1, 0.15) is 11.5 Å². The number of carbonyl (C=O) groups is 1. The van der Waals surface area contributed by atoms with Gasteiger partial charge in [0.05, 0.1) is 12.2 Å². The average Bonchev–Trinajstić information content (AvgIpc) is 2.92. The first kappa shape index (κ1) is 27.2. The average molecular weight is 486 g/mol. The van der Waals surface area contributed by atoms with Crippen LogP contribution in [0.25, 0.3) is 12.2 Å². The van der Waals surface area contributed by atoms with Crippen LogP contribution >= 0.6 is 0 Å². The van der Waals surface area contributed by atoms with E-state index in [1.807, 2.05) is 48.6 Å². The number of hydrogen-bond acceptors (Lipinski definition) is 4. The fraction of sp³-hybridized carbons (Fsp3) is 0.375. The minimum Gasteiger partial charge on any atom is -0.494 e. The highest BCUT2D eigenvalue weighted by molar-refractivity contribution is 5.91. The molecule has 0 radical (unpaired) electrons. The molecule has 1 heterocycles. The van der Waals surface area contributed by atoms with E-state index in [9.17, 15) is 4.79 Å². The van der Waals surface area contributed by atoms with Crippen molar-refractivity contribution in [3.05, 3.63) is 89.7 Å². The smallest absolute Gasteiger partial charge is 0.343 e. The van der Waals surface area contributed by atoms with Crippen molar-refractivity contribution in [2.45, 2.75) is 71.1 Å². The first-order chi connectivity index (χ1) is 17.7. The predicted molar refractivity (Wildman–Crippen MR) is 148 cm³/mol. The van der Waals surface area contributed by atoms with Gasteiger partial charge in [-0.15, -0.1) is 0 Å². The number of hydrogen-bond donors (Lipinski definition) is 0. The van der Waals surface area contributed by atoms with Gasteiger partial charge in [0, 0.05) is 12.4 Å². The van der Waals surface area contributed by atoms with Gasteiger partial charge in [-0.2, -0.15) is 0 Å². The van der Waals surface area contributed by atoms with Gasteiger partial charge in [-0.1, -0.05) is 89.0 Å². The van der Waals surface area contributed by atoms with E-state index in [4.69, 9.17) is 9.47 Å². The summed E-state index contributed by atoms with van der Waals surface area (Å²) in [6, 6.07) is 18.5. The van der Waals surface area contributed by atoms with Crippen LogP contribution in [0.15, 0.2) is 73.1 Å². The van der Waals surface area contributed by atoms with Crippen LogP contribution in [0.2, 0.25) is 0 Å². The predicted octanol–water partition coefficient (Wildman–Crippen LogP) is 8.77. The number of aromatic nitrogens is 1. The second-order valence-electron chi connectivity index (χ2n) is 9.13. The van der Waals surface area contributed by atoms with E-state index >= 15 is 0 Å². The van der Waals surface area contributed by atoms with Gasteiger partial charge in [-0.3, -0.25) is 4.98 Å². The third kappa shape index (κ3) is 10.5. The molecule has 4 nitrogen and oxygen atoms in total. The summed E-state index contributed by atoms with van der Waals surface area (Å²) in [6.45, 7) is 2.97. The molecule has 1 aromatic heterocycles. The summed E-state index contributed by atoms with van der Waals surface area (Å²) in [5, 5.41) is 0. The lowest BCUT2D eigenvalue weighted by Gasteiger charge is -2.08. The number of rotatable bonds is 16. The molecular weight excluding hydrogens is 446 g/mol. The zero-order valence-electron chi connectivity index (χ0n) is 21.5. The Balaban J connectivity index is 1.32. The zero-order valence-corrected chi connectivity index (χ0v) is 21.5. The third-order valence-corrected chi connectivity index (χ3v) is 6.12. The second kappa shape index (κ2) is 16.3. The molecule has 0 aliphatic heterocycles. The Kier molecular flexibility index (Phi) is 12.3. The Hall–Kier alpha value is -3.40. The number of nitrogens with zero attached hydrogens (tertiary/aromatic N) is 1. The molecule has 190 valence electrons. The maximum absolute atomic E-state index is 12.5. The highest BCUT2D eigenvalue weighted by atomic mass is 16.5. The van der Waals surface area contributed by atoms with E-state index in [1.54, 1.807) is 36.7 Å². The normalized spacial score (nSPS) is 11.0. The molecule has 2 aromatic carbocycles. The largest absolute Gasteiger partial charge is 0.494 e. The van der Waals surface area contributed by atoms with Crippen LogP contribution in [0, 0.1) is 0 Å². The molecule has 36 heavy (non-hydrogen) atoms. The van der Waals surface area contributed by atoms with Gasteiger partial charge in [0.2, 0.25) is 0 Å². The van der Waals surface area contributed by atoms with E-state index in [2.05, 4.69) is 11.9 Å². The van der Waals surface area contributed by atoms with Crippen molar-refractivity contribution in [3.63, 3.8) is 0 Å². The molecule has 0 aliphatic rings. The first-order valence-corrected chi connectivity index (χ1v) is 13.4. The monoisotopic (exact) mass is 485 g/mol.